The highest BCUT2D eigenvalue weighted by Crippen LogP contribution is 2.24. The summed E-state index contributed by atoms with van der Waals surface area (Å²) in [7, 11) is 0. The molecule has 1 heterocycles. The van der Waals surface area contributed by atoms with E-state index in [0.717, 1.165) is 22.6 Å². The Morgan fingerprint density at radius 1 is 0.926 bits per heavy atom. The molecule has 3 aromatic rings. The zero-order valence-electron chi connectivity index (χ0n) is 14.2. The van der Waals surface area contributed by atoms with Gasteiger partial charge in [0.1, 0.15) is 11.5 Å². The molecule has 4 rings (SSSR count). The normalized spacial score (nSPS) is 15.7. The Morgan fingerprint density at radius 3 is 2.26 bits per heavy atom. The number of hydrogen-bond donors (Lipinski definition) is 2. The Hall–Kier alpha value is -3.64. The van der Waals surface area contributed by atoms with Gasteiger partial charge in [0.2, 0.25) is 5.90 Å². The Labute approximate surface area is 155 Å². The molecule has 0 saturated heterocycles. The summed E-state index contributed by atoms with van der Waals surface area (Å²) in [6, 6.07) is 23.5. The number of aromatic carboxylic acids is 1. The number of nitrogens with zero attached hydrogens (tertiary/aromatic N) is 1. The van der Waals surface area contributed by atoms with Crippen LogP contribution in [0.15, 0.2) is 83.9 Å². The summed E-state index contributed by atoms with van der Waals surface area (Å²) in [5, 5.41) is 8.97. The van der Waals surface area contributed by atoms with Gasteiger partial charge in [-0.3, -0.25) is 0 Å². The van der Waals surface area contributed by atoms with Crippen LogP contribution in [0.5, 0.6) is 11.5 Å². The number of para-hydroxylation sites is 1. The molecule has 2 N–H and O–H groups in total. The summed E-state index contributed by atoms with van der Waals surface area (Å²) in [5.74, 6) is 0.997. The van der Waals surface area contributed by atoms with Gasteiger partial charge in [0, 0.05) is 5.56 Å². The fourth-order valence-electron chi connectivity index (χ4n) is 2.66. The van der Waals surface area contributed by atoms with Gasteiger partial charge in [-0.25, -0.2) is 9.79 Å². The summed E-state index contributed by atoms with van der Waals surface area (Å²) >= 11 is 0. The van der Waals surface area contributed by atoms with Gasteiger partial charge in [-0.2, -0.15) is 0 Å². The number of carboxylic acid groups (broad SMARTS) is 1. The van der Waals surface area contributed by atoms with E-state index < -0.39 is 5.97 Å². The van der Waals surface area contributed by atoms with Crippen molar-refractivity contribution in [3.05, 3.63) is 95.6 Å². The Morgan fingerprint density at radius 2 is 1.59 bits per heavy atom. The van der Waals surface area contributed by atoms with E-state index in [1.807, 2.05) is 54.6 Å². The van der Waals surface area contributed by atoms with Crippen LogP contribution in [0.25, 0.3) is 0 Å². The number of aliphatic imine (C=N–C) groups is 1. The maximum absolute atomic E-state index is 10.9. The quantitative estimate of drug-likeness (QED) is 0.714. The molecule has 6 nitrogen and oxygen atoms in total. The molecule has 1 unspecified atom stereocenters. The second-order valence-corrected chi connectivity index (χ2v) is 5.92. The SMILES string of the molecule is O=C(O)c1ccc(C2N=C(c3ccc(Oc4ccccc4)cc3)ON2)cc1. The summed E-state index contributed by atoms with van der Waals surface area (Å²) in [5.41, 5.74) is 4.71. The maximum atomic E-state index is 10.9. The molecule has 0 fully saturated rings. The summed E-state index contributed by atoms with van der Waals surface area (Å²) in [6.07, 6.45) is -0.386. The van der Waals surface area contributed by atoms with Gasteiger partial charge < -0.3 is 14.7 Å². The smallest absolute Gasteiger partial charge is 0.335 e. The number of carboxylic acids is 1. The van der Waals surface area contributed by atoms with Gasteiger partial charge >= 0.3 is 5.97 Å². The molecule has 0 spiro atoms. The van der Waals surface area contributed by atoms with Crippen LogP contribution in [-0.2, 0) is 4.84 Å². The zero-order chi connectivity index (χ0) is 18.6. The van der Waals surface area contributed by atoms with E-state index in [0.29, 0.717) is 5.90 Å². The average Bonchev–Trinajstić information content (AvgIpc) is 3.20. The lowest BCUT2D eigenvalue weighted by Crippen LogP contribution is -2.14. The van der Waals surface area contributed by atoms with Gasteiger partial charge in [-0.15, -0.1) is 5.48 Å². The zero-order valence-corrected chi connectivity index (χ0v) is 14.2. The molecule has 0 bridgehead atoms. The minimum absolute atomic E-state index is 0.232. The van der Waals surface area contributed by atoms with Crippen LogP contribution in [-0.4, -0.2) is 17.0 Å². The van der Waals surface area contributed by atoms with Gasteiger partial charge in [0.15, 0.2) is 6.17 Å². The highest BCUT2D eigenvalue weighted by molar-refractivity contribution is 5.95. The third kappa shape index (κ3) is 3.80. The molecule has 134 valence electrons. The standard InChI is InChI=1S/C21H16N2O4/c24-21(25)16-8-6-14(7-9-16)19-22-20(27-23-19)15-10-12-18(13-11-15)26-17-4-2-1-3-5-17/h1-13,19,23H,(H,24,25). The van der Waals surface area contributed by atoms with Crippen molar-refractivity contribution in [2.24, 2.45) is 4.99 Å². The van der Waals surface area contributed by atoms with E-state index in [-0.39, 0.29) is 11.7 Å². The highest BCUT2D eigenvalue weighted by atomic mass is 16.7. The molecule has 0 radical (unpaired) electrons. The molecule has 0 amide bonds. The van der Waals surface area contributed by atoms with E-state index in [2.05, 4.69) is 10.5 Å². The van der Waals surface area contributed by atoms with Crippen molar-refractivity contribution < 1.29 is 19.5 Å². The van der Waals surface area contributed by atoms with Gasteiger partial charge in [0.05, 0.1) is 5.56 Å². The molecule has 0 saturated carbocycles. The van der Waals surface area contributed by atoms with Crippen molar-refractivity contribution in [1.82, 2.24) is 5.48 Å². The van der Waals surface area contributed by atoms with Crippen LogP contribution in [0.4, 0.5) is 0 Å². The molecule has 0 aliphatic carbocycles. The number of rotatable bonds is 5. The Kier molecular flexibility index (Phi) is 4.55. The van der Waals surface area contributed by atoms with Crippen LogP contribution in [0.1, 0.15) is 27.7 Å². The fourth-order valence-corrected chi connectivity index (χ4v) is 2.66. The molecule has 0 aromatic heterocycles. The topological polar surface area (TPSA) is 80.2 Å². The first-order chi connectivity index (χ1) is 13.2. The number of carbonyl (C=O) groups is 1. The molecule has 27 heavy (non-hydrogen) atoms. The lowest BCUT2D eigenvalue weighted by atomic mass is 10.1. The van der Waals surface area contributed by atoms with E-state index in [1.165, 1.54) is 0 Å². The molecular weight excluding hydrogens is 344 g/mol. The minimum atomic E-state index is -0.959. The monoisotopic (exact) mass is 360 g/mol. The van der Waals surface area contributed by atoms with Crippen LogP contribution in [0.3, 0.4) is 0 Å². The van der Waals surface area contributed by atoms with Crippen molar-refractivity contribution in [3.8, 4) is 11.5 Å². The second kappa shape index (κ2) is 7.31. The Bertz CT molecular complexity index is 967. The van der Waals surface area contributed by atoms with Crippen molar-refractivity contribution >= 4 is 11.9 Å². The fraction of sp³-hybridized carbons (Fsp3) is 0.0476. The first kappa shape index (κ1) is 16.8. The van der Waals surface area contributed by atoms with Crippen molar-refractivity contribution in [2.75, 3.05) is 0 Å². The predicted molar refractivity (Wildman–Crippen MR) is 99.9 cm³/mol. The average molecular weight is 360 g/mol. The number of hydroxylamine groups is 1. The third-order valence-electron chi connectivity index (χ3n) is 4.07. The van der Waals surface area contributed by atoms with E-state index >= 15 is 0 Å². The second-order valence-electron chi connectivity index (χ2n) is 5.92. The first-order valence-electron chi connectivity index (χ1n) is 8.36. The van der Waals surface area contributed by atoms with Crippen LogP contribution >= 0.6 is 0 Å². The van der Waals surface area contributed by atoms with Crippen LogP contribution in [0.2, 0.25) is 0 Å². The Balaban J connectivity index is 1.47. The van der Waals surface area contributed by atoms with Crippen molar-refractivity contribution in [1.29, 1.82) is 0 Å². The van der Waals surface area contributed by atoms with E-state index in [9.17, 15) is 4.79 Å². The largest absolute Gasteiger partial charge is 0.478 e. The van der Waals surface area contributed by atoms with E-state index in [4.69, 9.17) is 14.7 Å². The van der Waals surface area contributed by atoms with Gasteiger partial charge in [-0.1, -0.05) is 30.3 Å². The first-order valence-corrected chi connectivity index (χ1v) is 8.36. The van der Waals surface area contributed by atoms with Gasteiger partial charge in [-0.05, 0) is 54.1 Å². The van der Waals surface area contributed by atoms with Gasteiger partial charge in [0.25, 0.3) is 0 Å². The number of benzene rings is 3. The third-order valence-corrected chi connectivity index (χ3v) is 4.07. The summed E-state index contributed by atoms with van der Waals surface area (Å²) in [4.78, 5) is 20.9. The number of hydrogen-bond acceptors (Lipinski definition) is 5. The summed E-state index contributed by atoms with van der Waals surface area (Å²) < 4.78 is 5.77. The number of nitrogens with one attached hydrogen (secondary N) is 1. The van der Waals surface area contributed by atoms with E-state index in [1.54, 1.807) is 24.3 Å². The lowest BCUT2D eigenvalue weighted by molar-refractivity contribution is 0.0697. The molecule has 3 aromatic carbocycles. The predicted octanol–water partition coefficient (Wildman–Crippen LogP) is 4.16. The lowest BCUT2D eigenvalue weighted by Gasteiger charge is -2.06. The van der Waals surface area contributed by atoms with Crippen molar-refractivity contribution in [3.63, 3.8) is 0 Å². The number of ether oxygens (including phenoxy) is 1. The molecular formula is C21H16N2O4. The van der Waals surface area contributed by atoms with Crippen LogP contribution in [0, 0.1) is 0 Å². The molecule has 6 heteroatoms. The molecule has 1 atom stereocenters. The summed E-state index contributed by atoms with van der Waals surface area (Å²) in [6.45, 7) is 0. The van der Waals surface area contributed by atoms with Crippen LogP contribution < -0.4 is 10.2 Å². The maximum Gasteiger partial charge on any atom is 0.335 e. The highest BCUT2D eigenvalue weighted by Gasteiger charge is 2.21. The van der Waals surface area contributed by atoms with Crippen molar-refractivity contribution in [2.45, 2.75) is 6.17 Å². The molecule has 1 aliphatic rings. The molecule has 1 aliphatic heterocycles. The minimum Gasteiger partial charge on any atom is -0.478 e.